The van der Waals surface area contributed by atoms with E-state index in [4.69, 9.17) is 5.73 Å². The minimum Gasteiger partial charge on any atom is -0.372 e. The smallest absolute Gasteiger partial charge is 0.0967 e. The first kappa shape index (κ1) is 12.2. The van der Waals surface area contributed by atoms with Crippen LogP contribution in [-0.4, -0.2) is 28.1 Å². The normalized spacial score (nSPS) is 15.7. The van der Waals surface area contributed by atoms with Gasteiger partial charge in [-0.3, -0.25) is 0 Å². The highest BCUT2D eigenvalue weighted by molar-refractivity contribution is 5.51. The molecule has 3 rings (SSSR count). The van der Waals surface area contributed by atoms with Crippen LogP contribution in [0.25, 0.3) is 5.69 Å². The third kappa shape index (κ3) is 2.61. The van der Waals surface area contributed by atoms with Gasteiger partial charge in [0.2, 0.25) is 0 Å². The second kappa shape index (κ2) is 5.40. The molecule has 1 aliphatic rings. The van der Waals surface area contributed by atoms with Crippen LogP contribution < -0.4 is 10.6 Å². The Morgan fingerprint density at radius 3 is 2.32 bits per heavy atom. The molecule has 2 heterocycles. The highest BCUT2D eigenvalue weighted by Crippen LogP contribution is 2.21. The van der Waals surface area contributed by atoms with Gasteiger partial charge in [0.1, 0.15) is 0 Å². The molecule has 0 amide bonds. The Kier molecular flexibility index (Phi) is 3.46. The number of nitrogens with two attached hydrogens (primary N) is 1. The van der Waals surface area contributed by atoms with Crippen molar-refractivity contribution in [2.45, 2.75) is 25.8 Å². The lowest BCUT2D eigenvalue weighted by Gasteiger charge is -2.28. The Morgan fingerprint density at radius 1 is 1.00 bits per heavy atom. The van der Waals surface area contributed by atoms with Crippen LogP contribution in [-0.2, 0) is 6.54 Å². The zero-order valence-corrected chi connectivity index (χ0v) is 11.0. The van der Waals surface area contributed by atoms with E-state index in [2.05, 4.69) is 39.5 Å². The molecule has 5 nitrogen and oxygen atoms in total. The van der Waals surface area contributed by atoms with Crippen LogP contribution in [0.5, 0.6) is 0 Å². The summed E-state index contributed by atoms with van der Waals surface area (Å²) in [7, 11) is 0. The minimum absolute atomic E-state index is 0.422. The molecule has 0 atom stereocenters. The number of anilines is 1. The topological polar surface area (TPSA) is 60.0 Å². The first-order valence-corrected chi connectivity index (χ1v) is 6.83. The van der Waals surface area contributed by atoms with Crippen molar-refractivity contribution in [1.29, 1.82) is 0 Å². The number of rotatable bonds is 3. The molecule has 1 aliphatic heterocycles. The lowest BCUT2D eigenvalue weighted by atomic mass is 10.1. The van der Waals surface area contributed by atoms with Crippen molar-refractivity contribution in [2.24, 2.45) is 5.73 Å². The summed E-state index contributed by atoms with van der Waals surface area (Å²) in [5.74, 6) is 0. The summed E-state index contributed by atoms with van der Waals surface area (Å²) in [6.07, 6.45) is 5.82. The first-order valence-electron chi connectivity index (χ1n) is 6.83. The number of nitrogens with zero attached hydrogens (tertiary/aromatic N) is 4. The number of hydrogen-bond donors (Lipinski definition) is 1. The summed E-state index contributed by atoms with van der Waals surface area (Å²) in [4.78, 5) is 2.44. The van der Waals surface area contributed by atoms with Gasteiger partial charge < -0.3 is 10.6 Å². The highest BCUT2D eigenvalue weighted by Gasteiger charge is 2.10. The van der Waals surface area contributed by atoms with Gasteiger partial charge in [-0.15, -0.1) is 5.10 Å². The van der Waals surface area contributed by atoms with Crippen LogP contribution in [0.3, 0.4) is 0 Å². The van der Waals surface area contributed by atoms with Gasteiger partial charge >= 0.3 is 0 Å². The highest BCUT2D eigenvalue weighted by atomic mass is 15.4. The van der Waals surface area contributed by atoms with Gasteiger partial charge in [0.15, 0.2) is 0 Å². The molecule has 0 aliphatic carbocycles. The Labute approximate surface area is 113 Å². The molecule has 1 saturated heterocycles. The summed E-state index contributed by atoms with van der Waals surface area (Å²) < 4.78 is 1.77. The molecular formula is C14H19N5. The average molecular weight is 257 g/mol. The minimum atomic E-state index is 0.422. The predicted molar refractivity (Wildman–Crippen MR) is 75.3 cm³/mol. The number of benzene rings is 1. The fourth-order valence-corrected chi connectivity index (χ4v) is 2.49. The fourth-order valence-electron chi connectivity index (χ4n) is 2.49. The maximum absolute atomic E-state index is 5.54. The summed E-state index contributed by atoms with van der Waals surface area (Å²) in [6.45, 7) is 2.76. The van der Waals surface area contributed by atoms with Crippen molar-refractivity contribution in [3.05, 3.63) is 36.2 Å². The molecule has 1 aromatic carbocycles. The molecule has 2 aromatic rings. The molecule has 1 aromatic heterocycles. The van der Waals surface area contributed by atoms with E-state index >= 15 is 0 Å². The molecule has 0 unspecified atom stereocenters. The van der Waals surface area contributed by atoms with Crippen LogP contribution >= 0.6 is 0 Å². The molecule has 0 radical (unpaired) electrons. The predicted octanol–water partition coefficient (Wildman–Crippen LogP) is 1.72. The van der Waals surface area contributed by atoms with Crippen molar-refractivity contribution in [3.8, 4) is 5.69 Å². The number of aromatic nitrogens is 3. The Morgan fingerprint density at radius 2 is 1.68 bits per heavy atom. The van der Waals surface area contributed by atoms with Crippen molar-refractivity contribution in [2.75, 3.05) is 18.0 Å². The van der Waals surface area contributed by atoms with E-state index in [0.29, 0.717) is 6.54 Å². The van der Waals surface area contributed by atoms with Gasteiger partial charge in [-0.2, -0.15) is 0 Å². The largest absolute Gasteiger partial charge is 0.372 e. The fraction of sp³-hybridized carbons (Fsp3) is 0.429. The van der Waals surface area contributed by atoms with Gasteiger partial charge in [-0.1, -0.05) is 5.21 Å². The van der Waals surface area contributed by atoms with Crippen LogP contribution in [0.2, 0.25) is 0 Å². The Balaban J connectivity index is 1.78. The molecule has 19 heavy (non-hydrogen) atoms. The Bertz CT molecular complexity index is 525. The average Bonchev–Trinajstić information content (AvgIpc) is 2.97. The van der Waals surface area contributed by atoms with Crippen LogP contribution in [0.4, 0.5) is 5.69 Å². The van der Waals surface area contributed by atoms with Gasteiger partial charge in [-0.05, 0) is 43.5 Å². The van der Waals surface area contributed by atoms with Crippen molar-refractivity contribution in [3.63, 3.8) is 0 Å². The van der Waals surface area contributed by atoms with Gasteiger partial charge in [0.25, 0.3) is 0 Å². The Hall–Kier alpha value is -1.88. The molecule has 0 spiro atoms. The monoisotopic (exact) mass is 257 g/mol. The van der Waals surface area contributed by atoms with E-state index < -0.39 is 0 Å². The second-order valence-electron chi connectivity index (χ2n) is 4.92. The van der Waals surface area contributed by atoms with E-state index in [-0.39, 0.29) is 0 Å². The quantitative estimate of drug-likeness (QED) is 0.909. The third-order valence-electron chi connectivity index (χ3n) is 3.59. The van der Waals surface area contributed by atoms with Gasteiger partial charge in [-0.25, -0.2) is 4.68 Å². The van der Waals surface area contributed by atoms with Crippen LogP contribution in [0.1, 0.15) is 25.0 Å². The summed E-state index contributed by atoms with van der Waals surface area (Å²) in [6, 6.07) is 8.48. The lowest BCUT2D eigenvalue weighted by molar-refractivity contribution is 0.578. The third-order valence-corrected chi connectivity index (χ3v) is 3.59. The van der Waals surface area contributed by atoms with Crippen LogP contribution in [0.15, 0.2) is 30.5 Å². The van der Waals surface area contributed by atoms with E-state index in [1.165, 1.54) is 38.0 Å². The number of piperidine rings is 1. The first-order chi connectivity index (χ1) is 9.36. The van der Waals surface area contributed by atoms with Gasteiger partial charge in [0.05, 0.1) is 17.6 Å². The van der Waals surface area contributed by atoms with E-state index in [9.17, 15) is 0 Å². The van der Waals surface area contributed by atoms with Gasteiger partial charge in [0, 0.05) is 25.3 Å². The zero-order chi connectivity index (χ0) is 13.1. The SMILES string of the molecule is NCc1cn(-c2ccc(N3CCCCC3)cc2)nn1. The summed E-state index contributed by atoms with van der Waals surface area (Å²) in [5.41, 5.74) is 8.66. The molecule has 100 valence electrons. The molecule has 0 bridgehead atoms. The van der Waals surface area contributed by atoms with E-state index in [1.807, 2.05) is 6.20 Å². The van der Waals surface area contributed by atoms with Crippen molar-refractivity contribution >= 4 is 5.69 Å². The molecular weight excluding hydrogens is 238 g/mol. The van der Waals surface area contributed by atoms with Crippen molar-refractivity contribution < 1.29 is 0 Å². The van der Waals surface area contributed by atoms with Crippen LogP contribution in [0, 0.1) is 0 Å². The summed E-state index contributed by atoms with van der Waals surface area (Å²) >= 11 is 0. The maximum Gasteiger partial charge on any atom is 0.0967 e. The summed E-state index contributed by atoms with van der Waals surface area (Å²) in [5, 5.41) is 8.07. The lowest BCUT2D eigenvalue weighted by Crippen LogP contribution is -2.29. The second-order valence-corrected chi connectivity index (χ2v) is 4.92. The van der Waals surface area contributed by atoms with E-state index in [1.54, 1.807) is 4.68 Å². The maximum atomic E-state index is 5.54. The molecule has 5 heteroatoms. The number of hydrogen-bond acceptors (Lipinski definition) is 4. The molecule has 0 saturated carbocycles. The standard InChI is InChI=1S/C14H19N5/c15-10-12-11-19(17-16-12)14-6-4-13(5-7-14)18-8-2-1-3-9-18/h4-7,11H,1-3,8-10,15H2. The molecule has 1 fully saturated rings. The van der Waals surface area contributed by atoms with E-state index in [0.717, 1.165) is 11.4 Å². The zero-order valence-electron chi connectivity index (χ0n) is 11.0. The molecule has 2 N–H and O–H groups in total. The van der Waals surface area contributed by atoms with Crippen molar-refractivity contribution in [1.82, 2.24) is 15.0 Å².